The number of hydrogen-bond donors (Lipinski definition) is 3. The average molecular weight is 394 g/mol. The van der Waals surface area contributed by atoms with Crippen molar-refractivity contribution in [3.63, 3.8) is 0 Å². The van der Waals surface area contributed by atoms with Gasteiger partial charge in [-0.3, -0.25) is 9.59 Å². The largest absolute Gasteiger partial charge is 0.480 e. The van der Waals surface area contributed by atoms with Crippen LogP contribution in [-0.2, 0) is 4.79 Å². The maximum absolute atomic E-state index is 12.3. The molecule has 0 radical (unpaired) electrons. The van der Waals surface area contributed by atoms with E-state index in [-0.39, 0.29) is 0 Å². The molecular formula is C22H26N4O3. The first-order valence-electron chi connectivity index (χ1n) is 9.89. The van der Waals surface area contributed by atoms with Crippen molar-refractivity contribution in [2.45, 2.75) is 45.1 Å². The summed E-state index contributed by atoms with van der Waals surface area (Å²) in [5.41, 5.74) is 8.77. The van der Waals surface area contributed by atoms with Gasteiger partial charge in [-0.1, -0.05) is 31.4 Å². The highest BCUT2D eigenvalue weighted by Crippen LogP contribution is 2.31. The molecule has 2 aromatic rings. The molecule has 0 spiro atoms. The molecule has 1 fully saturated rings. The number of nitrogens with one attached hydrogen (secondary N) is 1. The van der Waals surface area contributed by atoms with Gasteiger partial charge in [0.15, 0.2) is 5.82 Å². The molecule has 1 atom stereocenters. The van der Waals surface area contributed by atoms with Crippen molar-refractivity contribution in [1.82, 2.24) is 10.3 Å². The van der Waals surface area contributed by atoms with Gasteiger partial charge in [-0.25, -0.2) is 9.98 Å². The summed E-state index contributed by atoms with van der Waals surface area (Å²) in [4.78, 5) is 32.4. The number of nitrogens with zero attached hydrogens (tertiary/aromatic N) is 2. The maximum Gasteiger partial charge on any atom is 0.325 e. The number of rotatable bonds is 6. The standard InChI is InChI=1S/C22H26N4O3/c1-14(22(28)29)25-21(27)16-10-11-17(18(23)13-16)20(15-7-3-2-4-8-15)26-19-9-5-6-12-24-19/h5-6,9-15H,2-4,7-8,23H2,1H3,(H,25,27)(H,28,29)/t14-/m1/s1. The van der Waals surface area contributed by atoms with E-state index in [4.69, 9.17) is 15.8 Å². The topological polar surface area (TPSA) is 118 Å². The monoisotopic (exact) mass is 394 g/mol. The first kappa shape index (κ1) is 20.5. The second-order valence-corrected chi connectivity index (χ2v) is 7.36. The molecule has 29 heavy (non-hydrogen) atoms. The molecule has 1 heterocycles. The number of carbonyl (C=O) groups is 2. The number of carboxylic acid groups (broad SMARTS) is 1. The van der Waals surface area contributed by atoms with Crippen molar-refractivity contribution >= 4 is 29.1 Å². The number of aliphatic carboxylic acids is 1. The van der Waals surface area contributed by atoms with Crippen molar-refractivity contribution in [1.29, 1.82) is 0 Å². The number of nitrogens with two attached hydrogens (primary N) is 1. The molecule has 7 nitrogen and oxygen atoms in total. The molecule has 0 bridgehead atoms. The summed E-state index contributed by atoms with van der Waals surface area (Å²) in [6.07, 6.45) is 7.33. The molecule has 4 N–H and O–H groups in total. The third-order valence-corrected chi connectivity index (χ3v) is 5.18. The van der Waals surface area contributed by atoms with Gasteiger partial charge in [-0.2, -0.15) is 0 Å². The molecule has 1 aromatic heterocycles. The summed E-state index contributed by atoms with van der Waals surface area (Å²) in [7, 11) is 0. The second-order valence-electron chi connectivity index (χ2n) is 7.36. The van der Waals surface area contributed by atoms with Crippen LogP contribution >= 0.6 is 0 Å². The van der Waals surface area contributed by atoms with E-state index in [0.717, 1.165) is 37.0 Å². The Morgan fingerprint density at radius 3 is 2.59 bits per heavy atom. The van der Waals surface area contributed by atoms with Crippen LogP contribution in [0.1, 0.15) is 54.9 Å². The van der Waals surface area contributed by atoms with Crippen LogP contribution in [0.5, 0.6) is 0 Å². The van der Waals surface area contributed by atoms with E-state index >= 15 is 0 Å². The van der Waals surface area contributed by atoms with Crippen LogP contribution in [0.25, 0.3) is 0 Å². The summed E-state index contributed by atoms with van der Waals surface area (Å²) in [5, 5.41) is 11.4. The molecule has 1 aliphatic rings. The van der Waals surface area contributed by atoms with E-state index in [2.05, 4.69) is 10.3 Å². The Labute approximate surface area is 170 Å². The number of carbonyl (C=O) groups excluding carboxylic acids is 1. The SMILES string of the molecule is C[C@@H](NC(=O)c1ccc(C(=Nc2ccccn2)C2CCCCC2)c(N)c1)C(=O)O. The summed E-state index contributed by atoms with van der Waals surface area (Å²) in [6.45, 7) is 1.42. The van der Waals surface area contributed by atoms with Crippen molar-refractivity contribution in [2.24, 2.45) is 10.9 Å². The summed E-state index contributed by atoms with van der Waals surface area (Å²) in [6, 6.07) is 9.65. The van der Waals surface area contributed by atoms with Gasteiger partial charge in [0.25, 0.3) is 5.91 Å². The first-order chi connectivity index (χ1) is 14.0. The molecule has 3 rings (SSSR count). The van der Waals surface area contributed by atoms with Crippen molar-refractivity contribution < 1.29 is 14.7 Å². The van der Waals surface area contributed by atoms with Gasteiger partial charge in [-0.15, -0.1) is 0 Å². The van der Waals surface area contributed by atoms with Crippen LogP contribution < -0.4 is 11.1 Å². The fraction of sp³-hybridized carbons (Fsp3) is 0.364. The highest BCUT2D eigenvalue weighted by Gasteiger charge is 2.23. The first-order valence-corrected chi connectivity index (χ1v) is 9.89. The minimum atomic E-state index is -1.09. The lowest BCUT2D eigenvalue weighted by Crippen LogP contribution is -2.38. The predicted molar refractivity (Wildman–Crippen MR) is 112 cm³/mol. The van der Waals surface area contributed by atoms with Crippen LogP contribution in [0.15, 0.2) is 47.6 Å². The Morgan fingerprint density at radius 2 is 1.97 bits per heavy atom. The number of aliphatic imine (C=N–C) groups is 1. The molecular weight excluding hydrogens is 368 g/mol. The predicted octanol–water partition coefficient (Wildman–Crippen LogP) is 3.57. The Bertz CT molecular complexity index is 906. The highest BCUT2D eigenvalue weighted by atomic mass is 16.4. The van der Waals surface area contributed by atoms with Gasteiger partial charge in [0.1, 0.15) is 6.04 Å². The number of anilines is 1. The minimum absolute atomic E-state index is 0.291. The lowest BCUT2D eigenvalue weighted by Gasteiger charge is -2.24. The zero-order chi connectivity index (χ0) is 20.8. The van der Waals surface area contributed by atoms with Gasteiger partial charge < -0.3 is 16.2 Å². The average Bonchev–Trinajstić information content (AvgIpc) is 2.73. The fourth-order valence-electron chi connectivity index (χ4n) is 3.57. The van der Waals surface area contributed by atoms with Gasteiger partial charge in [-0.05, 0) is 44.0 Å². The lowest BCUT2D eigenvalue weighted by molar-refractivity contribution is -0.138. The van der Waals surface area contributed by atoms with E-state index in [1.807, 2.05) is 18.2 Å². The normalized spacial score (nSPS) is 16.2. The number of benzene rings is 1. The number of hydrogen-bond acceptors (Lipinski definition) is 5. The van der Waals surface area contributed by atoms with Gasteiger partial charge in [0.05, 0.1) is 5.71 Å². The second kappa shape index (κ2) is 9.32. The quantitative estimate of drug-likeness (QED) is 0.511. The van der Waals surface area contributed by atoms with Crippen LogP contribution in [-0.4, -0.2) is 33.7 Å². The van der Waals surface area contributed by atoms with E-state index in [0.29, 0.717) is 23.0 Å². The molecule has 7 heteroatoms. The van der Waals surface area contributed by atoms with Crippen molar-refractivity contribution in [3.8, 4) is 0 Å². The summed E-state index contributed by atoms with van der Waals surface area (Å²) >= 11 is 0. The maximum atomic E-state index is 12.3. The van der Waals surface area contributed by atoms with Crippen LogP contribution in [0, 0.1) is 5.92 Å². The van der Waals surface area contributed by atoms with E-state index in [9.17, 15) is 9.59 Å². The summed E-state index contributed by atoms with van der Waals surface area (Å²) < 4.78 is 0. The molecule has 0 aliphatic heterocycles. The molecule has 0 unspecified atom stereocenters. The molecule has 1 aromatic carbocycles. The summed E-state index contributed by atoms with van der Waals surface area (Å²) in [5.74, 6) is -0.645. The molecule has 0 saturated heterocycles. The third-order valence-electron chi connectivity index (χ3n) is 5.18. The molecule has 1 saturated carbocycles. The van der Waals surface area contributed by atoms with E-state index in [1.54, 1.807) is 24.4 Å². The highest BCUT2D eigenvalue weighted by molar-refractivity contribution is 6.08. The number of amides is 1. The van der Waals surface area contributed by atoms with E-state index < -0.39 is 17.9 Å². The number of nitrogen functional groups attached to an aromatic ring is 1. The fourth-order valence-corrected chi connectivity index (χ4v) is 3.57. The number of carboxylic acids is 1. The molecule has 1 aliphatic carbocycles. The lowest BCUT2D eigenvalue weighted by atomic mass is 9.82. The minimum Gasteiger partial charge on any atom is -0.480 e. The Morgan fingerprint density at radius 1 is 1.21 bits per heavy atom. The van der Waals surface area contributed by atoms with Gasteiger partial charge >= 0.3 is 5.97 Å². The third kappa shape index (κ3) is 5.19. The van der Waals surface area contributed by atoms with E-state index in [1.165, 1.54) is 13.3 Å². The van der Waals surface area contributed by atoms with Gasteiger partial charge in [0, 0.05) is 28.9 Å². The molecule has 1 amide bonds. The Hall–Kier alpha value is -3.22. The smallest absolute Gasteiger partial charge is 0.325 e. The Kier molecular flexibility index (Phi) is 6.59. The Balaban J connectivity index is 1.93. The number of aromatic nitrogens is 1. The zero-order valence-electron chi connectivity index (χ0n) is 16.5. The zero-order valence-corrected chi connectivity index (χ0v) is 16.5. The van der Waals surface area contributed by atoms with Crippen molar-refractivity contribution in [2.75, 3.05) is 5.73 Å². The van der Waals surface area contributed by atoms with Crippen LogP contribution in [0.4, 0.5) is 11.5 Å². The number of pyridine rings is 1. The van der Waals surface area contributed by atoms with Crippen LogP contribution in [0.2, 0.25) is 0 Å². The van der Waals surface area contributed by atoms with Crippen molar-refractivity contribution in [3.05, 3.63) is 53.7 Å². The molecule has 152 valence electrons. The van der Waals surface area contributed by atoms with Crippen LogP contribution in [0.3, 0.4) is 0 Å². The van der Waals surface area contributed by atoms with Gasteiger partial charge in [0.2, 0.25) is 0 Å².